The zero-order chi connectivity index (χ0) is 21.1. The maximum Gasteiger partial charge on any atom is 0.243 e. The van der Waals surface area contributed by atoms with E-state index >= 15 is 0 Å². The predicted molar refractivity (Wildman–Crippen MR) is 111 cm³/mol. The summed E-state index contributed by atoms with van der Waals surface area (Å²) in [5.74, 6) is -0.0458. The number of amides is 1. The first-order chi connectivity index (χ1) is 14.4. The number of hydrogen-bond donors (Lipinski definition) is 1. The maximum absolute atomic E-state index is 13.7. The van der Waals surface area contributed by atoms with Gasteiger partial charge in [0.15, 0.2) is 0 Å². The molecule has 3 heterocycles. The second kappa shape index (κ2) is 8.37. The summed E-state index contributed by atoms with van der Waals surface area (Å²) in [6.45, 7) is 2.15. The number of aryl methyl sites for hydroxylation is 1. The molecule has 1 fully saturated rings. The fourth-order valence-electron chi connectivity index (χ4n) is 3.57. The summed E-state index contributed by atoms with van der Waals surface area (Å²) in [5, 5.41) is 7.06. The Morgan fingerprint density at radius 1 is 1.23 bits per heavy atom. The number of pyridine rings is 1. The minimum atomic E-state index is -3.84. The molecule has 1 N–H and O–H groups in total. The molecular formula is C21H23N5O3S. The molecule has 1 aliphatic heterocycles. The van der Waals surface area contributed by atoms with Gasteiger partial charge in [-0.3, -0.25) is 9.78 Å². The van der Waals surface area contributed by atoms with E-state index in [9.17, 15) is 13.2 Å². The van der Waals surface area contributed by atoms with Gasteiger partial charge in [0.25, 0.3) is 0 Å². The molecule has 1 aliphatic rings. The minimum absolute atomic E-state index is 0.0458. The Balaban J connectivity index is 1.71. The van der Waals surface area contributed by atoms with E-state index in [1.807, 2.05) is 12.1 Å². The molecule has 1 saturated heterocycles. The van der Waals surface area contributed by atoms with Crippen LogP contribution in [0.25, 0.3) is 5.69 Å². The zero-order valence-corrected chi connectivity index (χ0v) is 17.4. The number of nitrogens with one attached hydrogen (secondary N) is 1. The van der Waals surface area contributed by atoms with Crippen LogP contribution in [-0.4, -0.2) is 46.0 Å². The molecule has 1 atom stereocenters. The van der Waals surface area contributed by atoms with Crippen molar-refractivity contribution < 1.29 is 13.2 Å². The fraction of sp³-hybridized carbons (Fsp3) is 0.286. The summed E-state index contributed by atoms with van der Waals surface area (Å²) < 4.78 is 30.5. The van der Waals surface area contributed by atoms with Crippen molar-refractivity contribution in [3.05, 3.63) is 72.3 Å². The van der Waals surface area contributed by atoms with Crippen molar-refractivity contribution in [2.24, 2.45) is 0 Å². The van der Waals surface area contributed by atoms with Gasteiger partial charge in [0, 0.05) is 50.3 Å². The molecule has 1 aromatic carbocycles. The van der Waals surface area contributed by atoms with Crippen LogP contribution in [0.5, 0.6) is 0 Å². The van der Waals surface area contributed by atoms with Gasteiger partial charge < -0.3 is 5.32 Å². The van der Waals surface area contributed by atoms with Crippen molar-refractivity contribution in [3.8, 4) is 5.69 Å². The van der Waals surface area contributed by atoms with E-state index in [1.165, 1.54) is 4.31 Å². The quantitative estimate of drug-likeness (QED) is 0.625. The SMILES string of the molecule is Cc1ccc(-n2cccn2)cc1S(=O)(=O)N(Cc1cccnc1)C[C@@H]1CCC(=O)N1. The molecule has 0 saturated carbocycles. The van der Waals surface area contributed by atoms with Crippen LogP contribution in [0.4, 0.5) is 0 Å². The molecule has 8 nitrogen and oxygen atoms in total. The molecular weight excluding hydrogens is 402 g/mol. The van der Waals surface area contributed by atoms with Gasteiger partial charge in [-0.25, -0.2) is 13.1 Å². The van der Waals surface area contributed by atoms with Crippen LogP contribution in [0.1, 0.15) is 24.0 Å². The number of rotatable bonds is 7. The number of benzene rings is 1. The summed E-state index contributed by atoms with van der Waals surface area (Å²) in [6.07, 6.45) is 7.75. The third kappa shape index (κ3) is 4.27. The largest absolute Gasteiger partial charge is 0.352 e. The van der Waals surface area contributed by atoms with E-state index < -0.39 is 10.0 Å². The topological polar surface area (TPSA) is 97.2 Å². The average molecular weight is 426 g/mol. The number of sulfonamides is 1. The summed E-state index contributed by atoms with van der Waals surface area (Å²) >= 11 is 0. The second-order valence-electron chi connectivity index (χ2n) is 7.36. The second-order valence-corrected chi connectivity index (χ2v) is 9.27. The molecule has 0 spiro atoms. The normalized spacial score (nSPS) is 16.7. The average Bonchev–Trinajstić information content (AvgIpc) is 3.40. The Morgan fingerprint density at radius 3 is 2.77 bits per heavy atom. The lowest BCUT2D eigenvalue weighted by molar-refractivity contribution is -0.119. The first kappa shape index (κ1) is 20.2. The number of carbonyl (C=O) groups excluding carboxylic acids is 1. The van der Waals surface area contributed by atoms with Crippen molar-refractivity contribution in [2.75, 3.05) is 6.54 Å². The Bertz CT molecular complexity index is 1130. The smallest absolute Gasteiger partial charge is 0.243 e. The Hall–Kier alpha value is -3.04. The lowest BCUT2D eigenvalue weighted by atomic mass is 10.2. The van der Waals surface area contributed by atoms with Gasteiger partial charge in [0.05, 0.1) is 10.6 Å². The highest BCUT2D eigenvalue weighted by molar-refractivity contribution is 7.89. The minimum Gasteiger partial charge on any atom is -0.352 e. The lowest BCUT2D eigenvalue weighted by Gasteiger charge is -2.26. The summed E-state index contributed by atoms with van der Waals surface area (Å²) in [7, 11) is -3.84. The van der Waals surface area contributed by atoms with Gasteiger partial charge in [0.1, 0.15) is 0 Å². The highest BCUT2D eigenvalue weighted by Crippen LogP contribution is 2.25. The van der Waals surface area contributed by atoms with Crippen LogP contribution < -0.4 is 5.32 Å². The van der Waals surface area contributed by atoms with E-state index in [4.69, 9.17) is 0 Å². The van der Waals surface area contributed by atoms with Gasteiger partial charge in [-0.15, -0.1) is 0 Å². The molecule has 4 rings (SSSR count). The van der Waals surface area contributed by atoms with Crippen molar-refractivity contribution in [2.45, 2.75) is 37.2 Å². The van der Waals surface area contributed by atoms with Gasteiger partial charge in [-0.2, -0.15) is 9.40 Å². The van der Waals surface area contributed by atoms with Gasteiger partial charge >= 0.3 is 0 Å². The van der Waals surface area contributed by atoms with E-state index in [-0.39, 0.29) is 29.9 Å². The fourth-order valence-corrected chi connectivity index (χ4v) is 5.29. The van der Waals surface area contributed by atoms with Crippen molar-refractivity contribution in [1.82, 2.24) is 24.4 Å². The Morgan fingerprint density at radius 2 is 2.10 bits per heavy atom. The number of nitrogens with zero attached hydrogens (tertiary/aromatic N) is 4. The van der Waals surface area contributed by atoms with Crippen molar-refractivity contribution >= 4 is 15.9 Å². The molecule has 30 heavy (non-hydrogen) atoms. The van der Waals surface area contributed by atoms with Gasteiger partial charge in [0.2, 0.25) is 15.9 Å². The monoisotopic (exact) mass is 425 g/mol. The van der Waals surface area contributed by atoms with E-state index in [1.54, 1.807) is 60.7 Å². The van der Waals surface area contributed by atoms with Gasteiger partial charge in [-0.1, -0.05) is 12.1 Å². The van der Waals surface area contributed by atoms with Crippen LogP contribution in [0.3, 0.4) is 0 Å². The van der Waals surface area contributed by atoms with E-state index in [2.05, 4.69) is 15.4 Å². The van der Waals surface area contributed by atoms with Crippen LogP contribution in [-0.2, 0) is 21.4 Å². The molecule has 1 amide bonds. The number of carbonyl (C=O) groups is 1. The standard InChI is InChI=1S/C21H23N5O3S/c1-16-5-7-19(26-11-3-10-23-26)12-20(16)30(28,29)25(14-17-4-2-9-22-13-17)15-18-6-8-21(27)24-18/h2-5,7,9-13,18H,6,8,14-15H2,1H3,(H,24,27)/t18-/m0/s1. The third-order valence-corrected chi connectivity index (χ3v) is 7.10. The predicted octanol–water partition coefficient (Wildman–Crippen LogP) is 2.05. The van der Waals surface area contributed by atoms with Crippen LogP contribution in [0.15, 0.2) is 66.1 Å². The Labute approximate surface area is 175 Å². The zero-order valence-electron chi connectivity index (χ0n) is 16.6. The first-order valence-electron chi connectivity index (χ1n) is 9.72. The molecule has 3 aromatic rings. The summed E-state index contributed by atoms with van der Waals surface area (Å²) in [4.78, 5) is 16.0. The number of aromatic nitrogens is 3. The molecule has 0 aliphatic carbocycles. The highest BCUT2D eigenvalue weighted by atomic mass is 32.2. The molecule has 9 heteroatoms. The number of hydrogen-bond acceptors (Lipinski definition) is 5. The third-order valence-electron chi connectivity index (χ3n) is 5.15. The molecule has 0 radical (unpaired) electrons. The first-order valence-corrected chi connectivity index (χ1v) is 11.2. The summed E-state index contributed by atoms with van der Waals surface area (Å²) in [5.41, 5.74) is 2.10. The van der Waals surface area contributed by atoms with Crippen LogP contribution in [0, 0.1) is 6.92 Å². The molecule has 2 aromatic heterocycles. The highest BCUT2D eigenvalue weighted by Gasteiger charge is 2.31. The summed E-state index contributed by atoms with van der Waals surface area (Å²) in [6, 6.07) is 10.5. The van der Waals surface area contributed by atoms with E-state index in [0.717, 1.165) is 5.56 Å². The van der Waals surface area contributed by atoms with E-state index in [0.29, 0.717) is 24.1 Å². The maximum atomic E-state index is 13.7. The molecule has 156 valence electrons. The molecule has 0 unspecified atom stereocenters. The Kier molecular flexibility index (Phi) is 5.65. The van der Waals surface area contributed by atoms with Crippen LogP contribution in [0.2, 0.25) is 0 Å². The molecule has 0 bridgehead atoms. The van der Waals surface area contributed by atoms with Crippen LogP contribution >= 0.6 is 0 Å². The van der Waals surface area contributed by atoms with Crippen molar-refractivity contribution in [1.29, 1.82) is 0 Å². The van der Waals surface area contributed by atoms with Crippen molar-refractivity contribution in [3.63, 3.8) is 0 Å². The van der Waals surface area contributed by atoms with Gasteiger partial charge in [-0.05, 0) is 48.7 Å². The lowest BCUT2D eigenvalue weighted by Crippen LogP contribution is -2.41.